The van der Waals surface area contributed by atoms with E-state index in [1.54, 1.807) is 35.4 Å². The molecule has 10 nitrogen and oxygen atoms in total. The molecule has 3 aromatic rings. The molecule has 0 spiro atoms. The highest BCUT2D eigenvalue weighted by atomic mass is 32.2. The van der Waals surface area contributed by atoms with Gasteiger partial charge in [0.15, 0.2) is 11.8 Å². The molecule has 0 fully saturated rings. The number of nitrogens with one attached hydrogen (secondary N) is 1. The first-order chi connectivity index (χ1) is 16.5. The molecular weight excluding hydrogens is 487 g/mol. The number of benzene rings is 2. The molecule has 2 aliphatic rings. The van der Waals surface area contributed by atoms with Gasteiger partial charge in [-0.3, -0.25) is 9.40 Å². The Balaban J connectivity index is 1.50. The number of anilines is 1. The van der Waals surface area contributed by atoms with E-state index in [4.69, 9.17) is 11.5 Å². The van der Waals surface area contributed by atoms with Crippen molar-refractivity contribution < 1.29 is 26.3 Å². The fourth-order valence-electron chi connectivity index (χ4n) is 4.36. The zero-order valence-corrected chi connectivity index (χ0v) is 18.8. The number of para-hydroxylation sites is 1. The molecule has 35 heavy (non-hydrogen) atoms. The van der Waals surface area contributed by atoms with Crippen molar-refractivity contribution in [1.82, 2.24) is 15.1 Å². The van der Waals surface area contributed by atoms with Gasteiger partial charge < -0.3 is 21.1 Å². The zero-order valence-electron chi connectivity index (χ0n) is 18.0. The molecule has 0 amide bonds. The Hall–Kier alpha value is -3.78. The lowest BCUT2D eigenvalue weighted by Crippen LogP contribution is -2.57. The molecule has 3 heterocycles. The summed E-state index contributed by atoms with van der Waals surface area (Å²) in [5.41, 5.74) is 14.5. The van der Waals surface area contributed by atoms with Gasteiger partial charge in [-0.25, -0.2) is 8.42 Å². The fraction of sp³-hybridized carbons (Fsp3) is 0.238. The summed E-state index contributed by atoms with van der Waals surface area (Å²) >= 11 is 0. The van der Waals surface area contributed by atoms with Crippen molar-refractivity contribution >= 4 is 27.5 Å². The maximum Gasteiger partial charge on any atom is 0.573 e. The highest BCUT2D eigenvalue weighted by molar-refractivity contribution is 7.92. The van der Waals surface area contributed by atoms with E-state index in [1.165, 1.54) is 4.31 Å². The maximum absolute atomic E-state index is 13.6. The summed E-state index contributed by atoms with van der Waals surface area (Å²) in [4.78, 5) is 5.76. The van der Waals surface area contributed by atoms with Crippen molar-refractivity contribution in [2.45, 2.75) is 29.9 Å². The van der Waals surface area contributed by atoms with Gasteiger partial charge in [0.25, 0.3) is 10.0 Å². The monoisotopic (exact) mass is 507 g/mol. The molecule has 0 aliphatic carbocycles. The number of nitrogens with zero attached hydrogens (tertiary/aromatic N) is 4. The normalized spacial score (nSPS) is 20.2. The molecule has 14 heteroatoms. The number of alkyl halides is 3. The summed E-state index contributed by atoms with van der Waals surface area (Å²) in [5.74, 6) is 0.0327. The molecule has 2 aromatic carbocycles. The smallest absolute Gasteiger partial charge is 0.406 e. The standard InChI is InChI=1S/C21H20F3N7O3S/c22-21(23,24)34-14-5-7-15(8-6-14)35(32,33)30-11-13(9-12-3-1-2-4-17(12)30)31-18(25)16-10-27-29-19(16)28-20(31)26/h1-8,10,13,18H,9,11,25H2,(H3,26,27,28,29). The van der Waals surface area contributed by atoms with Crippen LogP contribution in [0.25, 0.3) is 0 Å². The van der Waals surface area contributed by atoms with E-state index in [0.717, 1.165) is 29.8 Å². The van der Waals surface area contributed by atoms with Crippen LogP contribution >= 0.6 is 0 Å². The van der Waals surface area contributed by atoms with E-state index in [2.05, 4.69) is 19.9 Å². The van der Waals surface area contributed by atoms with Crippen molar-refractivity contribution in [3.63, 3.8) is 0 Å². The molecule has 2 atom stereocenters. The molecule has 0 saturated carbocycles. The lowest BCUT2D eigenvalue weighted by atomic mass is 9.97. The first kappa shape index (κ1) is 23.0. The number of hydrogen-bond acceptors (Lipinski definition) is 8. The van der Waals surface area contributed by atoms with E-state index in [0.29, 0.717) is 23.5 Å². The number of hydrogen-bond donors (Lipinski definition) is 3. The van der Waals surface area contributed by atoms with Crippen LogP contribution in [0.3, 0.4) is 0 Å². The van der Waals surface area contributed by atoms with E-state index in [-0.39, 0.29) is 17.4 Å². The number of sulfonamides is 1. The molecule has 184 valence electrons. The van der Waals surface area contributed by atoms with E-state index < -0.39 is 34.3 Å². The summed E-state index contributed by atoms with van der Waals surface area (Å²) in [6, 6.07) is 10.6. The average Bonchev–Trinajstić information content (AvgIpc) is 3.26. The summed E-state index contributed by atoms with van der Waals surface area (Å²) in [7, 11) is -4.16. The number of H-pyrrole nitrogens is 1. The third kappa shape index (κ3) is 4.14. The number of ether oxygens (including phenoxy) is 1. The predicted molar refractivity (Wildman–Crippen MR) is 120 cm³/mol. The van der Waals surface area contributed by atoms with Crippen molar-refractivity contribution in [1.29, 1.82) is 0 Å². The second kappa shape index (κ2) is 8.16. The summed E-state index contributed by atoms with van der Waals surface area (Å²) < 4.78 is 69.8. The van der Waals surface area contributed by atoms with Gasteiger partial charge in [0.2, 0.25) is 0 Å². The van der Waals surface area contributed by atoms with Gasteiger partial charge in [-0.2, -0.15) is 10.1 Å². The minimum absolute atomic E-state index is 0.0166. The number of halogens is 3. The van der Waals surface area contributed by atoms with Gasteiger partial charge in [-0.1, -0.05) is 18.2 Å². The number of rotatable bonds is 4. The van der Waals surface area contributed by atoms with Crippen LogP contribution in [0.1, 0.15) is 17.3 Å². The minimum Gasteiger partial charge on any atom is -0.406 e. The van der Waals surface area contributed by atoms with Gasteiger partial charge in [0.05, 0.1) is 34.9 Å². The van der Waals surface area contributed by atoms with Crippen molar-refractivity contribution in [2.24, 2.45) is 16.5 Å². The number of fused-ring (bicyclic) bond motifs is 2. The Morgan fingerprint density at radius 3 is 2.54 bits per heavy atom. The summed E-state index contributed by atoms with van der Waals surface area (Å²) in [6.45, 7) is -0.0166. The van der Waals surface area contributed by atoms with Crippen LogP contribution in [-0.2, 0) is 16.4 Å². The Morgan fingerprint density at radius 2 is 1.83 bits per heavy atom. The lowest BCUT2D eigenvalue weighted by molar-refractivity contribution is -0.274. The second-order valence-electron chi connectivity index (χ2n) is 8.04. The molecule has 2 unspecified atom stereocenters. The lowest BCUT2D eigenvalue weighted by Gasteiger charge is -2.44. The molecule has 1 aromatic heterocycles. The van der Waals surface area contributed by atoms with Crippen LogP contribution in [0.4, 0.5) is 24.7 Å². The van der Waals surface area contributed by atoms with Crippen molar-refractivity contribution in [2.75, 3.05) is 10.8 Å². The van der Waals surface area contributed by atoms with Gasteiger partial charge in [0.1, 0.15) is 11.9 Å². The molecule has 0 saturated heterocycles. The van der Waals surface area contributed by atoms with Crippen LogP contribution in [0.2, 0.25) is 0 Å². The second-order valence-corrected chi connectivity index (χ2v) is 9.90. The number of aromatic amines is 1. The average molecular weight is 507 g/mol. The Kier molecular flexibility index (Phi) is 5.36. The predicted octanol–water partition coefficient (Wildman–Crippen LogP) is 2.35. The van der Waals surface area contributed by atoms with Crippen LogP contribution in [0.5, 0.6) is 5.75 Å². The van der Waals surface area contributed by atoms with E-state index in [9.17, 15) is 21.6 Å². The number of aliphatic imine (C=N–C) groups is 1. The van der Waals surface area contributed by atoms with Gasteiger partial charge in [-0.05, 0) is 42.3 Å². The topological polar surface area (TPSA) is 143 Å². The largest absolute Gasteiger partial charge is 0.573 e. The maximum atomic E-state index is 13.6. The Labute approximate surface area is 198 Å². The molecule has 5 rings (SSSR count). The van der Waals surface area contributed by atoms with Gasteiger partial charge >= 0.3 is 6.36 Å². The zero-order chi connectivity index (χ0) is 25.0. The van der Waals surface area contributed by atoms with Crippen LogP contribution in [0.15, 0.2) is 64.6 Å². The molecule has 0 bridgehead atoms. The quantitative estimate of drug-likeness (QED) is 0.492. The highest BCUT2D eigenvalue weighted by Crippen LogP contribution is 2.37. The first-order valence-corrected chi connectivity index (χ1v) is 11.9. The van der Waals surface area contributed by atoms with Crippen molar-refractivity contribution in [3.8, 4) is 5.75 Å². The Morgan fingerprint density at radius 1 is 1.11 bits per heavy atom. The minimum atomic E-state index is -4.89. The molecule has 5 N–H and O–H groups in total. The van der Waals surface area contributed by atoms with E-state index in [1.807, 2.05) is 0 Å². The third-order valence-electron chi connectivity index (χ3n) is 5.89. The third-order valence-corrected chi connectivity index (χ3v) is 7.68. The molecule has 0 radical (unpaired) electrons. The fourth-order valence-corrected chi connectivity index (χ4v) is 5.90. The van der Waals surface area contributed by atoms with Crippen LogP contribution < -0.4 is 20.5 Å². The van der Waals surface area contributed by atoms with E-state index >= 15 is 0 Å². The number of guanidine groups is 1. The van der Waals surface area contributed by atoms with Crippen LogP contribution in [0, 0.1) is 0 Å². The number of nitrogens with two attached hydrogens (primary N) is 2. The first-order valence-electron chi connectivity index (χ1n) is 10.4. The highest BCUT2D eigenvalue weighted by Gasteiger charge is 2.40. The summed E-state index contributed by atoms with van der Waals surface area (Å²) in [5, 5.41) is 6.67. The summed E-state index contributed by atoms with van der Waals surface area (Å²) in [6.07, 6.45) is -3.61. The molecular formula is C21H20F3N7O3S. The van der Waals surface area contributed by atoms with Crippen molar-refractivity contribution in [3.05, 3.63) is 65.9 Å². The molecule has 2 aliphatic heterocycles. The SMILES string of the molecule is NC1=Nc2[nH]ncc2C(N)N1C1Cc2ccccc2N(S(=O)(=O)c2ccc(OC(F)(F)F)cc2)C1. The van der Waals surface area contributed by atoms with Crippen LogP contribution in [-0.4, -0.2) is 48.4 Å². The van der Waals surface area contributed by atoms with Gasteiger partial charge in [0, 0.05) is 0 Å². The number of aromatic nitrogens is 2. The van der Waals surface area contributed by atoms with Gasteiger partial charge in [-0.15, -0.1) is 13.2 Å². The Bertz CT molecular complexity index is 1390.